The maximum Gasteiger partial charge on any atom is 0.315 e. The van der Waals surface area contributed by atoms with Crippen molar-refractivity contribution in [3.8, 4) is 5.75 Å². The molecule has 6 heteroatoms. The highest BCUT2D eigenvalue weighted by molar-refractivity contribution is 7.08. The predicted molar refractivity (Wildman–Crippen MR) is 112 cm³/mol. The van der Waals surface area contributed by atoms with E-state index in [4.69, 9.17) is 9.47 Å². The lowest BCUT2D eigenvalue weighted by atomic mass is 9.72. The summed E-state index contributed by atoms with van der Waals surface area (Å²) in [6.07, 6.45) is 2.11. The van der Waals surface area contributed by atoms with Crippen molar-refractivity contribution < 1.29 is 19.1 Å². The van der Waals surface area contributed by atoms with E-state index in [0.717, 1.165) is 29.9 Å². The molecule has 1 aromatic carbocycles. The second kappa shape index (κ2) is 8.74. The fourth-order valence-electron chi connectivity index (χ4n) is 4.03. The SMILES string of the molecule is CC1=NC2=C(C(=O)CCC2)[C@@H](c2ccsc2)C1C(=O)OCCOc1ccccc1. The highest BCUT2D eigenvalue weighted by Gasteiger charge is 2.43. The molecule has 0 radical (unpaired) electrons. The van der Waals surface area contributed by atoms with E-state index < -0.39 is 5.92 Å². The van der Waals surface area contributed by atoms with E-state index in [-0.39, 0.29) is 30.9 Å². The number of thiophene rings is 1. The third-order valence-electron chi connectivity index (χ3n) is 5.33. The molecule has 2 heterocycles. The molecule has 4 rings (SSSR count). The molecule has 5 nitrogen and oxygen atoms in total. The van der Waals surface area contributed by atoms with Crippen LogP contribution in [-0.2, 0) is 14.3 Å². The van der Waals surface area contributed by atoms with Crippen LogP contribution < -0.4 is 4.74 Å². The minimum atomic E-state index is -0.581. The molecular weight excluding hydrogens is 386 g/mol. The molecule has 0 N–H and O–H groups in total. The Morgan fingerprint density at radius 3 is 2.76 bits per heavy atom. The van der Waals surface area contributed by atoms with Gasteiger partial charge in [0.05, 0.1) is 0 Å². The lowest BCUT2D eigenvalue weighted by molar-refractivity contribution is -0.147. The summed E-state index contributed by atoms with van der Waals surface area (Å²) in [6, 6.07) is 11.4. The summed E-state index contributed by atoms with van der Waals surface area (Å²) in [5, 5.41) is 3.98. The molecule has 1 unspecified atom stereocenters. The van der Waals surface area contributed by atoms with Gasteiger partial charge in [0.1, 0.15) is 24.9 Å². The van der Waals surface area contributed by atoms with Crippen LogP contribution in [0.2, 0.25) is 0 Å². The fourth-order valence-corrected chi connectivity index (χ4v) is 4.73. The Hall–Kier alpha value is -2.73. The van der Waals surface area contributed by atoms with E-state index >= 15 is 0 Å². The summed E-state index contributed by atoms with van der Waals surface area (Å²) in [7, 11) is 0. The molecule has 0 fully saturated rings. The first-order chi connectivity index (χ1) is 14.1. The number of hydrogen-bond donors (Lipinski definition) is 0. The van der Waals surface area contributed by atoms with Crippen LogP contribution in [0, 0.1) is 5.92 Å². The highest BCUT2D eigenvalue weighted by atomic mass is 32.1. The molecule has 29 heavy (non-hydrogen) atoms. The second-order valence-electron chi connectivity index (χ2n) is 7.23. The van der Waals surface area contributed by atoms with Crippen molar-refractivity contribution in [3.05, 3.63) is 64.0 Å². The molecule has 2 aliphatic rings. The summed E-state index contributed by atoms with van der Waals surface area (Å²) in [4.78, 5) is 30.4. The van der Waals surface area contributed by atoms with Crippen molar-refractivity contribution in [2.24, 2.45) is 10.9 Å². The first kappa shape index (κ1) is 19.6. The zero-order valence-electron chi connectivity index (χ0n) is 16.3. The monoisotopic (exact) mass is 409 g/mol. The van der Waals surface area contributed by atoms with E-state index in [0.29, 0.717) is 17.7 Å². The summed E-state index contributed by atoms with van der Waals surface area (Å²) in [5.74, 6) is -0.420. The highest BCUT2D eigenvalue weighted by Crippen LogP contribution is 2.44. The van der Waals surface area contributed by atoms with E-state index in [2.05, 4.69) is 4.99 Å². The average Bonchev–Trinajstić information content (AvgIpc) is 3.25. The smallest absolute Gasteiger partial charge is 0.315 e. The van der Waals surface area contributed by atoms with Crippen molar-refractivity contribution in [1.82, 2.24) is 0 Å². The van der Waals surface area contributed by atoms with Crippen molar-refractivity contribution >= 4 is 28.8 Å². The third kappa shape index (κ3) is 4.17. The number of esters is 1. The van der Waals surface area contributed by atoms with E-state index in [1.165, 1.54) is 0 Å². The molecule has 0 saturated carbocycles. The van der Waals surface area contributed by atoms with Crippen LogP contribution in [0.4, 0.5) is 0 Å². The van der Waals surface area contributed by atoms with Gasteiger partial charge < -0.3 is 9.47 Å². The molecule has 0 bridgehead atoms. The topological polar surface area (TPSA) is 65.0 Å². The Kier molecular flexibility index (Phi) is 5.90. The summed E-state index contributed by atoms with van der Waals surface area (Å²) in [5.41, 5.74) is 3.23. The summed E-state index contributed by atoms with van der Waals surface area (Å²) < 4.78 is 11.1. The maximum atomic E-state index is 13.0. The molecule has 1 aliphatic carbocycles. The van der Waals surface area contributed by atoms with Gasteiger partial charge in [-0.3, -0.25) is 14.6 Å². The summed E-state index contributed by atoms with van der Waals surface area (Å²) in [6.45, 7) is 2.27. The Bertz CT molecular complexity index is 947. The van der Waals surface area contributed by atoms with E-state index in [1.54, 1.807) is 11.3 Å². The molecular formula is C23H23NO4S. The first-order valence-corrected chi connectivity index (χ1v) is 10.8. The van der Waals surface area contributed by atoms with Gasteiger partial charge >= 0.3 is 5.97 Å². The van der Waals surface area contributed by atoms with E-state index in [9.17, 15) is 9.59 Å². The summed E-state index contributed by atoms with van der Waals surface area (Å²) >= 11 is 1.56. The van der Waals surface area contributed by atoms with Gasteiger partial charge in [0.15, 0.2) is 5.78 Å². The normalized spacial score (nSPS) is 21.4. The van der Waals surface area contributed by atoms with E-state index in [1.807, 2.05) is 54.1 Å². The number of allylic oxidation sites excluding steroid dienone is 2. The Balaban J connectivity index is 1.50. The Morgan fingerprint density at radius 1 is 1.17 bits per heavy atom. The number of ketones is 1. The number of rotatable bonds is 6. The molecule has 0 saturated heterocycles. The van der Waals surface area contributed by atoms with Gasteiger partial charge in [-0.1, -0.05) is 18.2 Å². The van der Waals surface area contributed by atoms with Crippen LogP contribution in [0.5, 0.6) is 5.75 Å². The number of nitrogens with zero attached hydrogens (tertiary/aromatic N) is 1. The predicted octanol–water partition coefficient (Wildman–Crippen LogP) is 4.55. The van der Waals surface area contributed by atoms with Crippen LogP contribution in [0.25, 0.3) is 0 Å². The minimum Gasteiger partial charge on any atom is -0.490 e. The molecule has 2 atom stereocenters. The number of carbonyl (C=O) groups is 2. The zero-order chi connectivity index (χ0) is 20.2. The lowest BCUT2D eigenvalue weighted by Gasteiger charge is -2.33. The van der Waals surface area contributed by atoms with Crippen molar-refractivity contribution in [2.45, 2.75) is 32.1 Å². The fraction of sp³-hybridized carbons (Fsp3) is 0.348. The molecule has 1 aromatic heterocycles. The second-order valence-corrected chi connectivity index (χ2v) is 8.01. The minimum absolute atomic E-state index is 0.101. The van der Waals surface area contributed by atoms with Crippen LogP contribution in [0.15, 0.2) is 63.4 Å². The molecule has 0 amide bonds. The number of para-hydroxylation sites is 1. The number of carbonyl (C=O) groups excluding carboxylic acids is 2. The van der Waals surface area contributed by atoms with Gasteiger partial charge in [0.2, 0.25) is 0 Å². The van der Waals surface area contributed by atoms with Crippen molar-refractivity contribution in [1.29, 1.82) is 0 Å². The number of aliphatic imine (C=N–C) groups is 1. The molecule has 150 valence electrons. The maximum absolute atomic E-state index is 13.0. The number of Topliss-reactive ketones (excluding diaryl/α,β-unsaturated/α-hetero) is 1. The molecule has 1 aliphatic heterocycles. The lowest BCUT2D eigenvalue weighted by Crippen LogP contribution is -2.37. The van der Waals surface area contributed by atoms with Gasteiger partial charge in [0, 0.05) is 29.3 Å². The Morgan fingerprint density at radius 2 is 2.00 bits per heavy atom. The third-order valence-corrected chi connectivity index (χ3v) is 6.03. The van der Waals surface area contributed by atoms with Gasteiger partial charge in [-0.15, -0.1) is 0 Å². The number of benzene rings is 1. The van der Waals surface area contributed by atoms with Crippen molar-refractivity contribution in [2.75, 3.05) is 13.2 Å². The van der Waals surface area contributed by atoms with Gasteiger partial charge in [0.25, 0.3) is 0 Å². The standard InChI is InChI=1S/C23H23NO4S/c1-15-20(23(26)28-12-11-27-17-6-3-2-4-7-17)21(16-10-13-29-14-16)22-18(24-15)8-5-9-19(22)25/h2-4,6-7,10,13-14,20-21H,5,8-9,11-12H2,1H3/t20?,21-/m0/s1. The first-order valence-electron chi connectivity index (χ1n) is 9.83. The van der Waals surface area contributed by atoms with Gasteiger partial charge in [-0.05, 0) is 54.3 Å². The number of ether oxygens (including phenoxy) is 2. The van der Waals surface area contributed by atoms with Crippen LogP contribution in [0.3, 0.4) is 0 Å². The van der Waals surface area contributed by atoms with Crippen LogP contribution in [0.1, 0.15) is 37.7 Å². The Labute approximate surface area is 174 Å². The van der Waals surface area contributed by atoms with Crippen LogP contribution in [-0.4, -0.2) is 30.7 Å². The van der Waals surface area contributed by atoms with Gasteiger partial charge in [-0.25, -0.2) is 0 Å². The van der Waals surface area contributed by atoms with Crippen molar-refractivity contribution in [3.63, 3.8) is 0 Å². The van der Waals surface area contributed by atoms with Gasteiger partial charge in [-0.2, -0.15) is 11.3 Å². The van der Waals surface area contributed by atoms with Crippen LogP contribution >= 0.6 is 11.3 Å². The number of hydrogen-bond acceptors (Lipinski definition) is 6. The zero-order valence-corrected chi connectivity index (χ0v) is 17.1. The average molecular weight is 410 g/mol. The quantitative estimate of drug-likeness (QED) is 0.519. The largest absolute Gasteiger partial charge is 0.490 e. The molecule has 2 aromatic rings. The molecule has 0 spiro atoms.